The topological polar surface area (TPSA) is 85.0 Å². The van der Waals surface area contributed by atoms with Crippen molar-refractivity contribution in [2.45, 2.75) is 19.8 Å². The fraction of sp³-hybridized carbons (Fsp3) is 0.462. The maximum atomic E-state index is 5.09. The van der Waals surface area contributed by atoms with Gasteiger partial charge in [-0.3, -0.25) is 5.10 Å². The summed E-state index contributed by atoms with van der Waals surface area (Å²) in [6.45, 7) is 2.78. The first-order chi connectivity index (χ1) is 9.72. The van der Waals surface area contributed by atoms with Crippen LogP contribution in [0.3, 0.4) is 0 Å². The third kappa shape index (κ3) is 3.59. The molecular weight excluding hydrogens is 258 g/mol. The fourth-order valence-electron chi connectivity index (χ4n) is 1.80. The van der Waals surface area contributed by atoms with Crippen LogP contribution in [0.1, 0.15) is 17.7 Å². The van der Waals surface area contributed by atoms with Crippen molar-refractivity contribution in [2.24, 2.45) is 0 Å². The van der Waals surface area contributed by atoms with Crippen LogP contribution in [0.2, 0.25) is 0 Å². The quantitative estimate of drug-likeness (QED) is 0.747. The maximum absolute atomic E-state index is 5.09. The maximum Gasteiger partial charge on any atom is 0.229 e. The Morgan fingerprint density at radius 2 is 1.90 bits per heavy atom. The lowest BCUT2D eigenvalue weighted by atomic mass is 10.1. The van der Waals surface area contributed by atoms with Crippen LogP contribution in [0.15, 0.2) is 12.3 Å². The Morgan fingerprint density at radius 3 is 2.45 bits per heavy atom. The van der Waals surface area contributed by atoms with Crippen molar-refractivity contribution in [1.82, 2.24) is 20.2 Å². The van der Waals surface area contributed by atoms with Crippen LogP contribution in [-0.2, 0) is 6.42 Å². The summed E-state index contributed by atoms with van der Waals surface area (Å²) in [7, 11) is 3.13. The van der Waals surface area contributed by atoms with Gasteiger partial charge >= 0.3 is 0 Å². The minimum Gasteiger partial charge on any atom is -0.481 e. The largest absolute Gasteiger partial charge is 0.481 e. The molecule has 2 rings (SSSR count). The van der Waals surface area contributed by atoms with E-state index in [2.05, 4.69) is 25.5 Å². The second-order valence-corrected chi connectivity index (χ2v) is 4.33. The third-order valence-corrected chi connectivity index (χ3v) is 2.94. The number of nitrogens with zero attached hydrogens (tertiary/aromatic N) is 3. The second kappa shape index (κ2) is 6.74. The monoisotopic (exact) mass is 277 g/mol. The van der Waals surface area contributed by atoms with Crippen molar-refractivity contribution < 1.29 is 9.47 Å². The van der Waals surface area contributed by atoms with Crippen LogP contribution in [-0.4, -0.2) is 40.9 Å². The summed E-state index contributed by atoms with van der Waals surface area (Å²) in [5.41, 5.74) is 2.35. The highest BCUT2D eigenvalue weighted by molar-refractivity contribution is 5.33. The van der Waals surface area contributed by atoms with Gasteiger partial charge in [0.25, 0.3) is 0 Å². The number of aryl methyl sites for hydroxylation is 2. The lowest BCUT2D eigenvalue weighted by Gasteiger charge is -2.08. The molecule has 0 radical (unpaired) electrons. The number of ether oxygens (including phenoxy) is 2. The van der Waals surface area contributed by atoms with E-state index in [1.165, 1.54) is 5.56 Å². The molecule has 0 saturated heterocycles. The fourth-order valence-corrected chi connectivity index (χ4v) is 1.80. The standard InChI is InChI=1S/C13H19N5O2/c1-9-10(8-15-18-9)5-4-6-14-13-16-11(19-2)7-12(17-13)20-3/h7-8H,4-6H2,1-3H3,(H,15,18)(H,14,16,17). The number of methoxy groups -OCH3 is 2. The van der Waals surface area contributed by atoms with E-state index in [0.29, 0.717) is 17.7 Å². The molecule has 0 amide bonds. The van der Waals surface area contributed by atoms with Gasteiger partial charge in [-0.2, -0.15) is 15.1 Å². The first-order valence-corrected chi connectivity index (χ1v) is 6.42. The van der Waals surface area contributed by atoms with E-state index in [1.54, 1.807) is 20.3 Å². The molecule has 20 heavy (non-hydrogen) atoms. The molecule has 7 nitrogen and oxygen atoms in total. The van der Waals surface area contributed by atoms with Crippen LogP contribution < -0.4 is 14.8 Å². The van der Waals surface area contributed by atoms with Gasteiger partial charge in [0, 0.05) is 12.2 Å². The predicted molar refractivity (Wildman–Crippen MR) is 75.3 cm³/mol. The molecule has 0 atom stereocenters. The highest BCUT2D eigenvalue weighted by Gasteiger charge is 2.05. The number of hydrogen-bond donors (Lipinski definition) is 2. The first-order valence-electron chi connectivity index (χ1n) is 6.42. The van der Waals surface area contributed by atoms with E-state index in [4.69, 9.17) is 9.47 Å². The van der Waals surface area contributed by atoms with Crippen molar-refractivity contribution in [3.8, 4) is 11.8 Å². The Kier molecular flexibility index (Phi) is 4.75. The number of hydrogen-bond acceptors (Lipinski definition) is 6. The molecule has 7 heteroatoms. The van der Waals surface area contributed by atoms with Crippen LogP contribution >= 0.6 is 0 Å². The zero-order valence-corrected chi connectivity index (χ0v) is 11.9. The zero-order valence-electron chi connectivity index (χ0n) is 11.9. The molecule has 0 spiro atoms. The van der Waals surface area contributed by atoms with E-state index >= 15 is 0 Å². The van der Waals surface area contributed by atoms with Gasteiger partial charge in [0.05, 0.1) is 26.5 Å². The van der Waals surface area contributed by atoms with Crippen molar-refractivity contribution in [1.29, 1.82) is 0 Å². The van der Waals surface area contributed by atoms with Gasteiger partial charge in [-0.25, -0.2) is 0 Å². The minimum absolute atomic E-state index is 0.477. The molecule has 2 aromatic rings. The van der Waals surface area contributed by atoms with Gasteiger partial charge in [-0.15, -0.1) is 0 Å². The van der Waals surface area contributed by atoms with Crippen molar-refractivity contribution in [3.05, 3.63) is 23.5 Å². The molecular formula is C13H19N5O2. The van der Waals surface area contributed by atoms with E-state index in [0.717, 1.165) is 25.1 Å². The van der Waals surface area contributed by atoms with Crippen LogP contribution in [0.25, 0.3) is 0 Å². The summed E-state index contributed by atoms with van der Waals surface area (Å²) in [6.07, 6.45) is 3.78. The van der Waals surface area contributed by atoms with E-state index in [-0.39, 0.29) is 0 Å². The van der Waals surface area contributed by atoms with Gasteiger partial charge < -0.3 is 14.8 Å². The average molecular weight is 277 g/mol. The number of aromatic amines is 1. The van der Waals surface area contributed by atoms with Gasteiger partial charge in [0.2, 0.25) is 17.7 Å². The Balaban J connectivity index is 1.86. The number of H-pyrrole nitrogens is 1. The number of nitrogens with one attached hydrogen (secondary N) is 2. The molecule has 2 aromatic heterocycles. The summed E-state index contributed by atoms with van der Waals surface area (Å²) in [5, 5.41) is 10.1. The van der Waals surface area contributed by atoms with Crippen LogP contribution in [0, 0.1) is 6.92 Å². The average Bonchev–Trinajstić information content (AvgIpc) is 2.88. The summed E-state index contributed by atoms with van der Waals surface area (Å²) in [6, 6.07) is 1.64. The highest BCUT2D eigenvalue weighted by Crippen LogP contribution is 2.17. The summed E-state index contributed by atoms with van der Waals surface area (Å²) >= 11 is 0. The zero-order chi connectivity index (χ0) is 14.4. The Hall–Kier alpha value is -2.31. The normalized spacial score (nSPS) is 10.3. The Morgan fingerprint density at radius 1 is 1.20 bits per heavy atom. The van der Waals surface area contributed by atoms with Crippen molar-refractivity contribution in [3.63, 3.8) is 0 Å². The lowest BCUT2D eigenvalue weighted by molar-refractivity contribution is 0.373. The third-order valence-electron chi connectivity index (χ3n) is 2.94. The molecule has 0 unspecified atom stereocenters. The molecule has 2 N–H and O–H groups in total. The van der Waals surface area contributed by atoms with Crippen molar-refractivity contribution >= 4 is 5.95 Å². The molecule has 2 heterocycles. The van der Waals surface area contributed by atoms with Gasteiger partial charge in [0.1, 0.15) is 0 Å². The molecule has 0 aromatic carbocycles. The predicted octanol–water partition coefficient (Wildman–Crippen LogP) is 1.57. The van der Waals surface area contributed by atoms with Crippen molar-refractivity contribution in [2.75, 3.05) is 26.1 Å². The minimum atomic E-state index is 0.477. The number of rotatable bonds is 7. The van der Waals surface area contributed by atoms with Crippen LogP contribution in [0.5, 0.6) is 11.8 Å². The molecule has 0 saturated carbocycles. The molecule has 0 aliphatic rings. The van der Waals surface area contributed by atoms with E-state index < -0.39 is 0 Å². The number of aromatic nitrogens is 4. The first kappa shape index (κ1) is 14.1. The summed E-state index contributed by atoms with van der Waals surface area (Å²) in [4.78, 5) is 8.42. The van der Waals surface area contributed by atoms with Gasteiger partial charge in [0.15, 0.2) is 0 Å². The Bertz CT molecular complexity index is 533. The van der Waals surface area contributed by atoms with E-state index in [9.17, 15) is 0 Å². The molecule has 0 aliphatic carbocycles. The number of anilines is 1. The second-order valence-electron chi connectivity index (χ2n) is 4.33. The summed E-state index contributed by atoms with van der Waals surface area (Å²) < 4.78 is 10.2. The van der Waals surface area contributed by atoms with Crippen LogP contribution in [0.4, 0.5) is 5.95 Å². The van der Waals surface area contributed by atoms with Gasteiger partial charge in [-0.1, -0.05) is 0 Å². The summed E-state index contributed by atoms with van der Waals surface area (Å²) in [5.74, 6) is 1.46. The molecule has 0 fully saturated rings. The van der Waals surface area contributed by atoms with E-state index in [1.807, 2.05) is 13.1 Å². The Labute approximate surface area is 117 Å². The molecule has 0 aliphatic heterocycles. The van der Waals surface area contributed by atoms with Gasteiger partial charge in [-0.05, 0) is 25.3 Å². The SMILES string of the molecule is COc1cc(OC)nc(NCCCc2cn[nH]c2C)n1. The smallest absolute Gasteiger partial charge is 0.229 e. The molecule has 108 valence electrons. The molecule has 0 bridgehead atoms. The lowest BCUT2D eigenvalue weighted by Crippen LogP contribution is -2.08. The highest BCUT2D eigenvalue weighted by atomic mass is 16.5.